The van der Waals surface area contributed by atoms with Gasteiger partial charge in [-0.1, -0.05) is 18.2 Å². The highest BCUT2D eigenvalue weighted by atomic mass is 19.1. The first-order valence-electron chi connectivity index (χ1n) is 10.5. The van der Waals surface area contributed by atoms with Crippen molar-refractivity contribution < 1.29 is 18.8 Å². The van der Waals surface area contributed by atoms with Crippen LogP contribution in [0.25, 0.3) is 16.6 Å². The third-order valence-corrected chi connectivity index (χ3v) is 6.19. The van der Waals surface area contributed by atoms with Gasteiger partial charge in [0.25, 0.3) is 0 Å². The first-order chi connectivity index (χ1) is 15.4. The van der Waals surface area contributed by atoms with Crippen LogP contribution in [0.5, 0.6) is 0 Å². The van der Waals surface area contributed by atoms with E-state index in [0.717, 1.165) is 5.39 Å². The largest absolute Gasteiger partial charge is 0.340 e. The van der Waals surface area contributed by atoms with Crippen LogP contribution in [0.15, 0.2) is 48.7 Å². The molecule has 164 valence electrons. The van der Waals surface area contributed by atoms with Gasteiger partial charge in [0.15, 0.2) is 0 Å². The Kier molecular flexibility index (Phi) is 4.88. The predicted octanol–water partition coefficient (Wildman–Crippen LogP) is 2.45. The van der Waals surface area contributed by atoms with Crippen LogP contribution in [0.3, 0.4) is 0 Å². The summed E-state index contributed by atoms with van der Waals surface area (Å²) in [7, 11) is 0. The van der Waals surface area contributed by atoms with Crippen LogP contribution >= 0.6 is 0 Å². The number of urea groups is 1. The number of hydrogen-bond donors (Lipinski definition) is 0. The van der Waals surface area contributed by atoms with Crippen LogP contribution in [0.4, 0.5) is 14.9 Å². The summed E-state index contributed by atoms with van der Waals surface area (Å²) < 4.78 is 15.8. The molecule has 2 aliphatic rings. The predicted molar refractivity (Wildman–Crippen MR) is 116 cm³/mol. The van der Waals surface area contributed by atoms with Gasteiger partial charge >= 0.3 is 6.03 Å². The third-order valence-electron chi connectivity index (χ3n) is 6.19. The Hall–Kier alpha value is -3.75. The van der Waals surface area contributed by atoms with Crippen molar-refractivity contribution in [2.75, 3.05) is 37.6 Å². The fourth-order valence-corrected chi connectivity index (χ4v) is 4.24. The van der Waals surface area contributed by atoms with Gasteiger partial charge in [-0.3, -0.25) is 14.5 Å². The Morgan fingerprint density at radius 2 is 1.81 bits per heavy atom. The summed E-state index contributed by atoms with van der Waals surface area (Å²) in [4.78, 5) is 41.7. The molecule has 9 heteroatoms. The van der Waals surface area contributed by atoms with Crippen LogP contribution < -0.4 is 4.90 Å². The van der Waals surface area contributed by atoms with Gasteiger partial charge in [0.1, 0.15) is 23.8 Å². The number of halogens is 1. The second-order valence-electron chi connectivity index (χ2n) is 8.18. The van der Waals surface area contributed by atoms with Crippen LogP contribution in [0, 0.1) is 11.7 Å². The highest BCUT2D eigenvalue weighted by molar-refractivity contribution is 6.04. The van der Waals surface area contributed by atoms with Crippen LogP contribution in [0.1, 0.15) is 6.92 Å². The molecular formula is C23H22FN5O3. The van der Waals surface area contributed by atoms with Crippen molar-refractivity contribution in [2.24, 2.45) is 5.92 Å². The minimum absolute atomic E-state index is 0.00950. The van der Waals surface area contributed by atoms with Crippen molar-refractivity contribution in [3.63, 3.8) is 0 Å². The van der Waals surface area contributed by atoms with E-state index in [2.05, 4.69) is 5.10 Å². The number of likely N-dealkylation sites (tertiary alicyclic amines) is 1. The number of ketones is 1. The number of rotatable bonds is 5. The zero-order valence-corrected chi connectivity index (χ0v) is 17.6. The molecule has 2 fully saturated rings. The molecule has 0 bridgehead atoms. The normalized spacial score (nSPS) is 16.7. The topological polar surface area (TPSA) is 78.8 Å². The molecule has 0 spiro atoms. The minimum Gasteiger partial charge on any atom is -0.340 e. The lowest BCUT2D eigenvalue weighted by atomic mass is 9.96. The Morgan fingerprint density at radius 3 is 2.56 bits per heavy atom. The van der Waals surface area contributed by atoms with Crippen molar-refractivity contribution in [3.05, 3.63) is 54.5 Å². The van der Waals surface area contributed by atoms with E-state index in [4.69, 9.17) is 0 Å². The summed E-state index contributed by atoms with van der Waals surface area (Å²) >= 11 is 0. The van der Waals surface area contributed by atoms with E-state index in [0.29, 0.717) is 43.1 Å². The van der Waals surface area contributed by atoms with Gasteiger partial charge in [0, 0.05) is 31.6 Å². The molecule has 3 amide bonds. The molecule has 2 saturated heterocycles. The number of fused-ring (bicyclic) bond motifs is 1. The Balaban J connectivity index is 1.35. The molecule has 1 aromatic heterocycles. The summed E-state index contributed by atoms with van der Waals surface area (Å²) in [6.45, 7) is 3.23. The lowest BCUT2D eigenvalue weighted by Gasteiger charge is -2.38. The SMILES string of the molecule is CC(=O)C1CN(C(=O)CN2CCN(c3cccc4c3cnn4-c3ccccc3F)C2=O)C1. The fourth-order valence-electron chi connectivity index (χ4n) is 4.24. The van der Waals surface area contributed by atoms with Crippen molar-refractivity contribution >= 4 is 34.3 Å². The first kappa shape index (κ1) is 20.2. The van der Waals surface area contributed by atoms with E-state index in [1.165, 1.54) is 22.6 Å². The Morgan fingerprint density at radius 1 is 1.06 bits per heavy atom. The molecule has 8 nitrogen and oxygen atoms in total. The molecule has 0 aliphatic carbocycles. The molecule has 0 saturated carbocycles. The lowest BCUT2D eigenvalue weighted by molar-refractivity contribution is -0.141. The molecule has 0 N–H and O–H groups in total. The van der Waals surface area contributed by atoms with E-state index in [9.17, 15) is 18.8 Å². The van der Waals surface area contributed by atoms with E-state index < -0.39 is 0 Å². The Bertz CT molecular complexity index is 1230. The maximum atomic E-state index is 14.3. The van der Waals surface area contributed by atoms with Crippen molar-refractivity contribution in [3.8, 4) is 5.69 Å². The molecule has 2 aliphatic heterocycles. The van der Waals surface area contributed by atoms with Gasteiger partial charge in [0.05, 0.1) is 23.3 Å². The van der Waals surface area contributed by atoms with E-state index in [-0.39, 0.29) is 36.0 Å². The molecule has 0 atom stereocenters. The van der Waals surface area contributed by atoms with Crippen molar-refractivity contribution in [1.82, 2.24) is 19.6 Å². The zero-order valence-electron chi connectivity index (χ0n) is 17.6. The number of Topliss-reactive ketones (excluding diaryl/α,β-unsaturated/α-hetero) is 1. The number of benzene rings is 2. The highest BCUT2D eigenvalue weighted by Crippen LogP contribution is 2.31. The quantitative estimate of drug-likeness (QED) is 0.617. The maximum Gasteiger partial charge on any atom is 0.325 e. The van der Waals surface area contributed by atoms with Gasteiger partial charge in [-0.25, -0.2) is 13.9 Å². The second-order valence-corrected chi connectivity index (χ2v) is 8.18. The molecule has 3 heterocycles. The summed E-state index contributed by atoms with van der Waals surface area (Å²) in [6, 6.07) is 11.6. The monoisotopic (exact) mass is 435 g/mol. The molecule has 2 aromatic carbocycles. The number of nitrogens with zero attached hydrogens (tertiary/aromatic N) is 5. The van der Waals surface area contributed by atoms with Gasteiger partial charge in [-0.15, -0.1) is 0 Å². The lowest BCUT2D eigenvalue weighted by Crippen LogP contribution is -2.55. The standard InChI is InChI=1S/C23H22FN5O3/c1-15(30)16-12-27(13-16)22(31)14-26-9-10-28(23(26)32)19-7-4-8-20-17(19)11-25-29(20)21-6-3-2-5-18(21)24/h2-8,11,16H,9-10,12-14H2,1H3. The number of carbonyl (C=O) groups excluding carboxylic acids is 3. The third kappa shape index (κ3) is 3.30. The van der Waals surface area contributed by atoms with E-state index in [1.807, 2.05) is 12.1 Å². The molecule has 0 radical (unpaired) electrons. The summed E-state index contributed by atoms with van der Waals surface area (Å²) in [6.07, 6.45) is 1.63. The second kappa shape index (κ2) is 7.74. The molecule has 32 heavy (non-hydrogen) atoms. The van der Waals surface area contributed by atoms with E-state index >= 15 is 0 Å². The molecule has 3 aromatic rings. The number of para-hydroxylation sites is 1. The Labute approximate surface area is 183 Å². The van der Waals surface area contributed by atoms with Gasteiger partial charge in [0.2, 0.25) is 5.91 Å². The van der Waals surface area contributed by atoms with E-state index in [1.54, 1.807) is 40.3 Å². The number of anilines is 1. The van der Waals surface area contributed by atoms with Crippen LogP contribution in [0.2, 0.25) is 0 Å². The minimum atomic E-state index is -0.386. The number of hydrogen-bond acceptors (Lipinski definition) is 4. The molecular weight excluding hydrogens is 413 g/mol. The molecule has 5 rings (SSSR count). The first-order valence-corrected chi connectivity index (χ1v) is 10.5. The van der Waals surface area contributed by atoms with Crippen molar-refractivity contribution in [1.29, 1.82) is 0 Å². The van der Waals surface area contributed by atoms with Crippen molar-refractivity contribution in [2.45, 2.75) is 6.92 Å². The average Bonchev–Trinajstić information content (AvgIpc) is 3.31. The smallest absolute Gasteiger partial charge is 0.325 e. The fraction of sp³-hybridized carbons (Fsp3) is 0.304. The van der Waals surface area contributed by atoms with Crippen LogP contribution in [-0.4, -0.2) is 70.0 Å². The summed E-state index contributed by atoms with van der Waals surface area (Å²) in [5, 5.41) is 5.08. The average molecular weight is 435 g/mol. The number of amides is 3. The number of carbonyl (C=O) groups is 3. The van der Waals surface area contributed by atoms with Gasteiger partial charge in [-0.2, -0.15) is 5.10 Å². The van der Waals surface area contributed by atoms with Gasteiger partial charge in [-0.05, 0) is 31.2 Å². The van der Waals surface area contributed by atoms with Gasteiger partial charge < -0.3 is 9.80 Å². The summed E-state index contributed by atoms with van der Waals surface area (Å²) in [5.74, 6) is -0.541. The highest BCUT2D eigenvalue weighted by Gasteiger charge is 2.37. The van der Waals surface area contributed by atoms with Crippen LogP contribution in [-0.2, 0) is 9.59 Å². The summed E-state index contributed by atoms with van der Waals surface area (Å²) in [5.41, 5.74) is 1.69. The maximum absolute atomic E-state index is 14.3. The molecule has 0 unspecified atom stereocenters. The number of aromatic nitrogens is 2. The zero-order chi connectivity index (χ0) is 22.4.